The van der Waals surface area contributed by atoms with Crippen molar-refractivity contribution in [1.29, 1.82) is 5.26 Å². The molecule has 1 fully saturated rings. The van der Waals surface area contributed by atoms with E-state index in [2.05, 4.69) is 38.4 Å². The zero-order valence-corrected chi connectivity index (χ0v) is 13.7. The molecule has 1 aliphatic rings. The molecule has 4 nitrogen and oxygen atoms in total. The third-order valence-electron chi connectivity index (χ3n) is 3.71. The molecule has 0 amide bonds. The number of hydrogen-bond donors (Lipinski definition) is 0. The minimum atomic E-state index is 0.740. The standard InChI is InChI=1S/C15H18N4S2/c1-12-14(10-16)21-15(17-12)19-6-3-5-18(7-8-19)11-13-4-2-9-20-13/h2,4,9H,3,5-8,11H2,1H3. The molecule has 0 radical (unpaired) electrons. The Hall–Kier alpha value is -1.42. The topological polar surface area (TPSA) is 43.2 Å². The molecule has 3 heterocycles. The van der Waals surface area contributed by atoms with E-state index in [0.717, 1.165) is 54.8 Å². The van der Waals surface area contributed by atoms with Crippen LogP contribution in [0.3, 0.4) is 0 Å². The van der Waals surface area contributed by atoms with Crippen LogP contribution in [0.4, 0.5) is 5.13 Å². The van der Waals surface area contributed by atoms with Crippen LogP contribution in [0.15, 0.2) is 17.5 Å². The summed E-state index contributed by atoms with van der Waals surface area (Å²) in [5, 5.41) is 12.2. The van der Waals surface area contributed by atoms with Crippen molar-refractivity contribution in [2.24, 2.45) is 0 Å². The third-order valence-corrected chi connectivity index (χ3v) is 5.69. The first kappa shape index (κ1) is 14.5. The van der Waals surface area contributed by atoms with E-state index < -0.39 is 0 Å². The summed E-state index contributed by atoms with van der Waals surface area (Å²) >= 11 is 3.35. The maximum Gasteiger partial charge on any atom is 0.186 e. The van der Waals surface area contributed by atoms with Crippen LogP contribution >= 0.6 is 22.7 Å². The number of nitriles is 1. The summed E-state index contributed by atoms with van der Waals surface area (Å²) in [5.41, 5.74) is 0.859. The van der Waals surface area contributed by atoms with Crippen molar-refractivity contribution in [2.75, 3.05) is 31.1 Å². The van der Waals surface area contributed by atoms with Crippen molar-refractivity contribution in [2.45, 2.75) is 19.9 Å². The molecule has 1 saturated heterocycles. The Labute approximate surface area is 133 Å². The van der Waals surface area contributed by atoms with Gasteiger partial charge in [-0.05, 0) is 24.8 Å². The van der Waals surface area contributed by atoms with Crippen LogP contribution in [-0.4, -0.2) is 36.1 Å². The van der Waals surface area contributed by atoms with E-state index in [1.165, 1.54) is 16.2 Å². The Balaban J connectivity index is 1.63. The van der Waals surface area contributed by atoms with E-state index in [1.807, 2.05) is 18.3 Å². The second kappa shape index (κ2) is 6.56. The molecule has 0 aromatic carbocycles. The Bertz CT molecular complexity index is 627. The van der Waals surface area contributed by atoms with Crippen LogP contribution in [0.2, 0.25) is 0 Å². The molecule has 2 aromatic rings. The van der Waals surface area contributed by atoms with Gasteiger partial charge in [-0.3, -0.25) is 4.90 Å². The zero-order valence-electron chi connectivity index (χ0n) is 12.1. The average Bonchev–Trinajstić information content (AvgIpc) is 3.05. The highest BCUT2D eigenvalue weighted by Gasteiger charge is 2.19. The van der Waals surface area contributed by atoms with Crippen molar-refractivity contribution >= 4 is 27.8 Å². The van der Waals surface area contributed by atoms with Gasteiger partial charge in [0.1, 0.15) is 10.9 Å². The summed E-state index contributed by atoms with van der Waals surface area (Å²) in [5.74, 6) is 0. The molecule has 0 bridgehead atoms. The quantitative estimate of drug-likeness (QED) is 0.872. The SMILES string of the molecule is Cc1nc(N2CCCN(Cc3cccs3)CC2)sc1C#N. The summed E-state index contributed by atoms with van der Waals surface area (Å²) < 4.78 is 0. The van der Waals surface area contributed by atoms with Gasteiger partial charge in [0.25, 0.3) is 0 Å². The maximum atomic E-state index is 9.07. The summed E-state index contributed by atoms with van der Waals surface area (Å²) in [4.78, 5) is 11.6. The second-order valence-electron chi connectivity index (χ2n) is 5.22. The first-order valence-corrected chi connectivity index (χ1v) is 8.83. The van der Waals surface area contributed by atoms with Gasteiger partial charge in [-0.25, -0.2) is 4.98 Å². The Morgan fingerprint density at radius 2 is 2.24 bits per heavy atom. The van der Waals surface area contributed by atoms with E-state index in [4.69, 9.17) is 5.26 Å². The number of thiazole rings is 1. The lowest BCUT2D eigenvalue weighted by molar-refractivity contribution is 0.288. The van der Waals surface area contributed by atoms with Crippen LogP contribution in [0.1, 0.15) is 21.9 Å². The van der Waals surface area contributed by atoms with Crippen molar-refractivity contribution in [3.05, 3.63) is 33.0 Å². The highest BCUT2D eigenvalue weighted by molar-refractivity contribution is 7.16. The van der Waals surface area contributed by atoms with Crippen molar-refractivity contribution < 1.29 is 0 Å². The normalized spacial score (nSPS) is 16.7. The number of thiophene rings is 1. The first-order valence-electron chi connectivity index (χ1n) is 7.13. The Morgan fingerprint density at radius 3 is 2.95 bits per heavy atom. The molecule has 0 atom stereocenters. The second-order valence-corrected chi connectivity index (χ2v) is 7.23. The minimum Gasteiger partial charge on any atom is -0.347 e. The van der Waals surface area contributed by atoms with Crippen LogP contribution in [0.5, 0.6) is 0 Å². The van der Waals surface area contributed by atoms with Crippen LogP contribution in [-0.2, 0) is 6.54 Å². The smallest absolute Gasteiger partial charge is 0.186 e. The van der Waals surface area contributed by atoms with Crippen LogP contribution in [0, 0.1) is 18.3 Å². The van der Waals surface area contributed by atoms with Crippen molar-refractivity contribution in [3.63, 3.8) is 0 Å². The van der Waals surface area contributed by atoms with E-state index in [-0.39, 0.29) is 0 Å². The molecule has 3 rings (SSSR count). The summed E-state index contributed by atoms with van der Waals surface area (Å²) in [6.45, 7) is 7.16. The molecule has 0 saturated carbocycles. The van der Waals surface area contributed by atoms with Gasteiger partial charge in [0.2, 0.25) is 0 Å². The lowest BCUT2D eigenvalue weighted by Gasteiger charge is -2.20. The van der Waals surface area contributed by atoms with Crippen LogP contribution < -0.4 is 4.90 Å². The summed E-state index contributed by atoms with van der Waals surface area (Å²) in [7, 11) is 0. The van der Waals surface area contributed by atoms with Crippen LogP contribution in [0.25, 0.3) is 0 Å². The predicted octanol–water partition coefficient (Wildman–Crippen LogP) is 3.10. The van der Waals surface area contributed by atoms with Gasteiger partial charge < -0.3 is 4.90 Å². The fraction of sp³-hybridized carbons (Fsp3) is 0.467. The highest BCUT2D eigenvalue weighted by atomic mass is 32.1. The Kier molecular flexibility index (Phi) is 4.54. The molecule has 6 heteroatoms. The van der Waals surface area contributed by atoms with Gasteiger partial charge >= 0.3 is 0 Å². The molecule has 2 aromatic heterocycles. The highest BCUT2D eigenvalue weighted by Crippen LogP contribution is 2.26. The van der Waals surface area contributed by atoms with Gasteiger partial charge in [-0.1, -0.05) is 17.4 Å². The van der Waals surface area contributed by atoms with Gasteiger partial charge in [0, 0.05) is 37.6 Å². The van der Waals surface area contributed by atoms with Gasteiger partial charge in [0.05, 0.1) is 5.69 Å². The van der Waals surface area contributed by atoms with Crippen molar-refractivity contribution in [3.8, 4) is 6.07 Å². The number of aromatic nitrogens is 1. The number of nitrogens with zero attached hydrogens (tertiary/aromatic N) is 4. The fourth-order valence-electron chi connectivity index (χ4n) is 2.56. The third kappa shape index (κ3) is 3.43. The fourth-order valence-corrected chi connectivity index (χ4v) is 4.23. The number of anilines is 1. The molecule has 110 valence electrons. The molecule has 21 heavy (non-hydrogen) atoms. The number of rotatable bonds is 3. The van der Waals surface area contributed by atoms with E-state index in [0.29, 0.717) is 0 Å². The lowest BCUT2D eigenvalue weighted by atomic mass is 10.3. The molecule has 0 unspecified atom stereocenters. The van der Waals surface area contributed by atoms with E-state index in [1.54, 1.807) is 0 Å². The zero-order chi connectivity index (χ0) is 14.7. The number of aryl methyl sites for hydroxylation is 1. The van der Waals surface area contributed by atoms with Crippen molar-refractivity contribution in [1.82, 2.24) is 9.88 Å². The van der Waals surface area contributed by atoms with Gasteiger partial charge in [-0.2, -0.15) is 5.26 Å². The maximum absolute atomic E-state index is 9.07. The lowest BCUT2D eigenvalue weighted by Crippen LogP contribution is -2.30. The molecule has 0 N–H and O–H groups in total. The minimum absolute atomic E-state index is 0.740. The molecule has 1 aliphatic heterocycles. The molecular weight excluding hydrogens is 300 g/mol. The molecular formula is C15H18N4S2. The summed E-state index contributed by atoms with van der Waals surface area (Å²) in [6, 6.07) is 6.55. The Morgan fingerprint density at radius 1 is 1.33 bits per heavy atom. The van der Waals surface area contributed by atoms with E-state index >= 15 is 0 Å². The van der Waals surface area contributed by atoms with E-state index in [9.17, 15) is 0 Å². The van der Waals surface area contributed by atoms with Gasteiger partial charge in [-0.15, -0.1) is 11.3 Å². The monoisotopic (exact) mass is 318 g/mol. The molecule has 0 spiro atoms. The van der Waals surface area contributed by atoms with Gasteiger partial charge in [0.15, 0.2) is 5.13 Å². The number of hydrogen-bond acceptors (Lipinski definition) is 6. The molecule has 0 aliphatic carbocycles. The largest absolute Gasteiger partial charge is 0.347 e. The summed E-state index contributed by atoms with van der Waals surface area (Å²) in [6.07, 6.45) is 1.14. The predicted molar refractivity (Wildman–Crippen MR) is 88.0 cm³/mol. The average molecular weight is 318 g/mol. The first-order chi connectivity index (χ1) is 10.3.